The average molecular weight is 340 g/mol. The van der Waals surface area contributed by atoms with Crippen molar-refractivity contribution in [3.63, 3.8) is 0 Å². The molecule has 1 aliphatic rings. The number of hydrogen-bond acceptors (Lipinski definition) is 5. The van der Waals surface area contributed by atoms with Crippen molar-refractivity contribution in [3.05, 3.63) is 29.8 Å². The summed E-state index contributed by atoms with van der Waals surface area (Å²) in [7, 11) is -1.57. The highest BCUT2D eigenvalue weighted by Crippen LogP contribution is 2.21. The van der Waals surface area contributed by atoms with Gasteiger partial charge in [0.15, 0.2) is 0 Å². The van der Waals surface area contributed by atoms with Crippen molar-refractivity contribution >= 4 is 15.9 Å². The normalized spacial score (nSPS) is 17.1. The molecule has 0 bridgehead atoms. The molecular weight excluding hydrogens is 316 g/mol. The maximum atomic E-state index is 12.9. The van der Waals surface area contributed by atoms with E-state index in [4.69, 9.17) is 5.73 Å². The van der Waals surface area contributed by atoms with Gasteiger partial charge in [-0.05, 0) is 18.7 Å². The van der Waals surface area contributed by atoms with Crippen LogP contribution in [0.4, 0.5) is 0 Å². The summed E-state index contributed by atoms with van der Waals surface area (Å²) in [5.74, 6) is -0.181. The summed E-state index contributed by atoms with van der Waals surface area (Å²) in [6, 6.07) is 6.80. The second-order valence-electron chi connectivity index (χ2n) is 5.63. The molecule has 1 amide bonds. The third-order valence-corrected chi connectivity index (χ3v) is 5.90. The molecule has 1 aromatic carbocycles. The quantitative estimate of drug-likeness (QED) is 0.734. The molecule has 1 fully saturated rings. The van der Waals surface area contributed by atoms with Crippen molar-refractivity contribution < 1.29 is 13.2 Å². The predicted molar refractivity (Wildman–Crippen MR) is 88.2 cm³/mol. The molecule has 1 aromatic rings. The van der Waals surface area contributed by atoms with E-state index < -0.39 is 10.0 Å². The van der Waals surface area contributed by atoms with Gasteiger partial charge < -0.3 is 16.0 Å². The van der Waals surface area contributed by atoms with E-state index in [9.17, 15) is 13.2 Å². The van der Waals surface area contributed by atoms with Crippen molar-refractivity contribution in [3.8, 4) is 0 Å². The maximum absolute atomic E-state index is 12.9. The summed E-state index contributed by atoms with van der Waals surface area (Å²) in [5.41, 5.74) is 5.93. The molecule has 23 heavy (non-hydrogen) atoms. The third kappa shape index (κ3) is 4.51. The number of nitrogens with two attached hydrogens (primary N) is 1. The zero-order valence-electron chi connectivity index (χ0n) is 13.4. The number of piperazine rings is 1. The fourth-order valence-corrected chi connectivity index (χ4v) is 4.13. The van der Waals surface area contributed by atoms with E-state index in [1.807, 2.05) is 7.05 Å². The SMILES string of the molecule is CN1CCN(S(=O)(=O)c2ccccc2CNC(=O)CCN)CC1. The lowest BCUT2D eigenvalue weighted by Gasteiger charge is -2.32. The van der Waals surface area contributed by atoms with Gasteiger partial charge in [-0.3, -0.25) is 4.79 Å². The number of sulfonamides is 1. The topological polar surface area (TPSA) is 95.7 Å². The first-order valence-electron chi connectivity index (χ1n) is 7.68. The molecule has 1 heterocycles. The van der Waals surface area contributed by atoms with E-state index in [0.717, 1.165) is 0 Å². The van der Waals surface area contributed by atoms with Gasteiger partial charge in [0.05, 0.1) is 4.90 Å². The van der Waals surface area contributed by atoms with Crippen LogP contribution in [-0.2, 0) is 21.4 Å². The minimum atomic E-state index is -3.55. The van der Waals surface area contributed by atoms with Crippen molar-refractivity contribution in [1.82, 2.24) is 14.5 Å². The highest BCUT2D eigenvalue weighted by molar-refractivity contribution is 7.89. The first-order chi connectivity index (χ1) is 10.9. The predicted octanol–water partition coefficient (Wildman–Crippen LogP) is -0.412. The summed E-state index contributed by atoms with van der Waals surface area (Å²) in [6.07, 6.45) is 0.230. The van der Waals surface area contributed by atoms with Crippen LogP contribution in [-0.4, -0.2) is 63.3 Å². The van der Waals surface area contributed by atoms with Crippen LogP contribution in [0.2, 0.25) is 0 Å². The lowest BCUT2D eigenvalue weighted by Crippen LogP contribution is -2.47. The van der Waals surface area contributed by atoms with Crippen molar-refractivity contribution in [2.45, 2.75) is 17.9 Å². The minimum absolute atomic E-state index is 0.181. The van der Waals surface area contributed by atoms with E-state index in [0.29, 0.717) is 31.7 Å². The van der Waals surface area contributed by atoms with E-state index in [1.54, 1.807) is 24.3 Å². The van der Waals surface area contributed by atoms with Crippen molar-refractivity contribution in [2.75, 3.05) is 39.8 Å². The Kier molecular flexibility index (Phi) is 6.11. The Hall–Kier alpha value is -1.48. The Bertz CT molecular complexity index is 640. The number of rotatable bonds is 6. The van der Waals surface area contributed by atoms with Gasteiger partial charge in [0, 0.05) is 45.7 Å². The number of amides is 1. The molecular formula is C15H24N4O3S. The van der Waals surface area contributed by atoms with Crippen molar-refractivity contribution in [2.24, 2.45) is 5.73 Å². The molecule has 0 radical (unpaired) electrons. The van der Waals surface area contributed by atoms with Crippen molar-refractivity contribution in [1.29, 1.82) is 0 Å². The third-order valence-electron chi connectivity index (χ3n) is 3.90. The Balaban J connectivity index is 2.16. The summed E-state index contributed by atoms with van der Waals surface area (Å²) in [6.45, 7) is 2.84. The van der Waals surface area contributed by atoms with Crippen LogP contribution >= 0.6 is 0 Å². The fourth-order valence-electron chi connectivity index (χ4n) is 2.48. The summed E-state index contributed by atoms with van der Waals surface area (Å²) in [4.78, 5) is 13.9. The van der Waals surface area contributed by atoms with Gasteiger partial charge in [-0.2, -0.15) is 4.31 Å². The Morgan fingerprint density at radius 2 is 1.87 bits per heavy atom. The lowest BCUT2D eigenvalue weighted by molar-refractivity contribution is -0.121. The summed E-state index contributed by atoms with van der Waals surface area (Å²) < 4.78 is 27.2. The number of carbonyl (C=O) groups is 1. The number of hydrogen-bond donors (Lipinski definition) is 2. The highest BCUT2D eigenvalue weighted by atomic mass is 32.2. The number of nitrogens with one attached hydrogen (secondary N) is 1. The summed E-state index contributed by atoms with van der Waals surface area (Å²) in [5, 5.41) is 2.71. The molecule has 0 aromatic heterocycles. The van der Waals surface area contributed by atoms with E-state index >= 15 is 0 Å². The minimum Gasteiger partial charge on any atom is -0.352 e. The Labute approximate surface area is 137 Å². The van der Waals surface area contributed by atoms with E-state index in [-0.39, 0.29) is 30.3 Å². The molecule has 0 unspecified atom stereocenters. The van der Waals surface area contributed by atoms with Crippen LogP contribution in [0.15, 0.2) is 29.2 Å². The van der Waals surface area contributed by atoms with Gasteiger partial charge >= 0.3 is 0 Å². The molecule has 3 N–H and O–H groups in total. The standard InChI is InChI=1S/C15H24N4O3S/c1-18-8-10-19(11-9-18)23(21,22)14-5-3-2-4-13(14)12-17-15(20)6-7-16/h2-5H,6-12,16H2,1H3,(H,17,20). The van der Waals surface area contributed by atoms with Crippen LogP contribution in [0, 0.1) is 0 Å². The smallest absolute Gasteiger partial charge is 0.243 e. The Morgan fingerprint density at radius 1 is 1.22 bits per heavy atom. The molecule has 1 saturated heterocycles. The maximum Gasteiger partial charge on any atom is 0.243 e. The molecule has 0 aliphatic carbocycles. The molecule has 0 saturated carbocycles. The number of carbonyl (C=O) groups excluding carboxylic acids is 1. The second-order valence-corrected chi connectivity index (χ2v) is 7.54. The Morgan fingerprint density at radius 3 is 2.52 bits per heavy atom. The molecule has 2 rings (SSSR count). The molecule has 0 spiro atoms. The molecule has 128 valence electrons. The lowest BCUT2D eigenvalue weighted by atomic mass is 10.2. The average Bonchev–Trinajstić information content (AvgIpc) is 2.54. The number of nitrogens with zero attached hydrogens (tertiary/aromatic N) is 2. The first kappa shape index (κ1) is 17.9. The molecule has 7 nitrogen and oxygen atoms in total. The largest absolute Gasteiger partial charge is 0.352 e. The van der Waals surface area contributed by atoms with E-state index in [2.05, 4.69) is 10.2 Å². The number of likely N-dealkylation sites (N-methyl/N-ethyl adjacent to an activating group) is 1. The second kappa shape index (κ2) is 7.87. The summed E-state index contributed by atoms with van der Waals surface area (Å²) >= 11 is 0. The van der Waals surface area contributed by atoms with Gasteiger partial charge in [0.2, 0.25) is 15.9 Å². The molecule has 8 heteroatoms. The fraction of sp³-hybridized carbons (Fsp3) is 0.533. The molecule has 1 aliphatic heterocycles. The van der Waals surface area contributed by atoms with Crippen LogP contribution < -0.4 is 11.1 Å². The monoisotopic (exact) mass is 340 g/mol. The first-order valence-corrected chi connectivity index (χ1v) is 9.12. The molecule has 0 atom stereocenters. The van der Waals surface area contributed by atoms with Gasteiger partial charge in [0.1, 0.15) is 0 Å². The van der Waals surface area contributed by atoms with Crippen LogP contribution in [0.3, 0.4) is 0 Å². The van der Waals surface area contributed by atoms with Gasteiger partial charge in [-0.1, -0.05) is 18.2 Å². The van der Waals surface area contributed by atoms with Gasteiger partial charge in [-0.15, -0.1) is 0 Å². The zero-order chi connectivity index (χ0) is 16.9. The number of benzene rings is 1. The van der Waals surface area contributed by atoms with Crippen LogP contribution in [0.5, 0.6) is 0 Å². The van der Waals surface area contributed by atoms with Gasteiger partial charge in [0.25, 0.3) is 0 Å². The zero-order valence-corrected chi connectivity index (χ0v) is 14.2. The highest BCUT2D eigenvalue weighted by Gasteiger charge is 2.29. The van der Waals surface area contributed by atoms with Crippen LogP contribution in [0.25, 0.3) is 0 Å². The van der Waals surface area contributed by atoms with Gasteiger partial charge in [-0.25, -0.2) is 8.42 Å². The van der Waals surface area contributed by atoms with E-state index in [1.165, 1.54) is 4.31 Å². The van der Waals surface area contributed by atoms with Crippen LogP contribution in [0.1, 0.15) is 12.0 Å².